The van der Waals surface area contributed by atoms with Gasteiger partial charge >= 0.3 is 11.9 Å². The number of carbonyl (C=O) groups excluding carboxylic acids is 2. The lowest BCUT2D eigenvalue weighted by Crippen LogP contribution is -2.17. The van der Waals surface area contributed by atoms with Crippen LogP contribution in [0.25, 0.3) is 0 Å². The third kappa shape index (κ3) is 30.4. The maximum Gasteiger partial charge on any atom is 0.372 e. The van der Waals surface area contributed by atoms with E-state index >= 15 is 0 Å². The van der Waals surface area contributed by atoms with Crippen LogP contribution in [0.3, 0.4) is 0 Å². The molecule has 0 fully saturated rings. The number of ether oxygens (including phenoxy) is 11. The first kappa shape index (κ1) is 48.4. The molecule has 0 spiro atoms. The highest BCUT2D eigenvalue weighted by molar-refractivity contribution is 7.86. The van der Waals surface area contributed by atoms with Crippen molar-refractivity contribution in [3.8, 4) is 0 Å². The molecular weight excluding hydrogens is 728 g/mol. The van der Waals surface area contributed by atoms with Gasteiger partial charge in [-0.05, 0) is 19.1 Å². The van der Waals surface area contributed by atoms with E-state index in [9.17, 15) is 22.8 Å². The van der Waals surface area contributed by atoms with Gasteiger partial charge < -0.3 is 57.2 Å². The summed E-state index contributed by atoms with van der Waals surface area (Å²) < 4.78 is 87.9. The Balaban J connectivity index is 1.69. The number of carbonyl (C=O) groups is 3. The van der Waals surface area contributed by atoms with Crippen LogP contribution in [0.5, 0.6) is 0 Å². The van der Waals surface area contributed by atoms with Crippen molar-refractivity contribution in [1.29, 1.82) is 0 Å². The summed E-state index contributed by atoms with van der Waals surface area (Å²) >= 11 is 0. The highest BCUT2D eigenvalue weighted by Gasteiger charge is 2.15. The van der Waals surface area contributed by atoms with Crippen molar-refractivity contribution in [2.45, 2.75) is 24.7 Å². The fourth-order valence-electron chi connectivity index (χ4n) is 3.67. The summed E-state index contributed by atoms with van der Waals surface area (Å²) in [4.78, 5) is 32.8. The molecule has 0 bridgehead atoms. The molecular formula is C34H56O18S. The Kier molecular flexibility index (Phi) is 30.9. The summed E-state index contributed by atoms with van der Waals surface area (Å²) in [6.45, 7) is 9.40. The van der Waals surface area contributed by atoms with E-state index in [2.05, 4.69) is 0 Å². The minimum absolute atomic E-state index is 0.00442. The zero-order chi connectivity index (χ0) is 38.7. The Bertz CT molecular complexity index is 1160. The van der Waals surface area contributed by atoms with E-state index < -0.39 is 34.3 Å². The van der Waals surface area contributed by atoms with Crippen molar-refractivity contribution >= 4 is 27.8 Å². The Hall–Kier alpha value is -2.66. The summed E-state index contributed by atoms with van der Waals surface area (Å²) in [6.07, 6.45) is -0.675. The van der Waals surface area contributed by atoms with Crippen molar-refractivity contribution in [1.82, 2.24) is 0 Å². The number of aliphatic carboxylic acids is 1. The van der Waals surface area contributed by atoms with Crippen LogP contribution in [0.15, 0.2) is 29.2 Å². The maximum absolute atomic E-state index is 12.1. The molecule has 19 heteroatoms. The van der Waals surface area contributed by atoms with Crippen LogP contribution in [0.2, 0.25) is 0 Å². The third-order valence-electron chi connectivity index (χ3n) is 6.41. The van der Waals surface area contributed by atoms with Crippen LogP contribution < -0.4 is 0 Å². The maximum atomic E-state index is 12.1. The molecule has 18 nitrogen and oxygen atoms in total. The van der Waals surface area contributed by atoms with Crippen molar-refractivity contribution in [2.24, 2.45) is 0 Å². The number of carboxylic acid groups (broad SMARTS) is 1. The second kappa shape index (κ2) is 33.9. The second-order valence-electron chi connectivity index (χ2n) is 10.7. The SMILES string of the molecule is Cc1ccc(S(=O)(=O)OCCOCCOCCOCCOCCOCCOCCOCCOCCOCCOCCOC(=O)CCC(=O)C(=O)O)cc1. The van der Waals surface area contributed by atoms with Crippen molar-refractivity contribution in [2.75, 3.05) is 145 Å². The highest BCUT2D eigenvalue weighted by atomic mass is 32.2. The van der Waals surface area contributed by atoms with E-state index in [4.69, 9.17) is 61.4 Å². The lowest BCUT2D eigenvalue weighted by atomic mass is 10.2. The Morgan fingerprint density at radius 3 is 1.09 bits per heavy atom. The minimum Gasteiger partial charge on any atom is -0.476 e. The topological polar surface area (TPSA) is 216 Å². The molecule has 0 aliphatic carbocycles. The number of hydrogen-bond donors (Lipinski definition) is 1. The number of hydrogen-bond acceptors (Lipinski definition) is 17. The van der Waals surface area contributed by atoms with Gasteiger partial charge in [0.15, 0.2) is 0 Å². The van der Waals surface area contributed by atoms with Crippen LogP contribution in [-0.4, -0.2) is 177 Å². The number of aryl methyl sites for hydroxylation is 1. The molecule has 0 amide bonds. The molecule has 0 radical (unpaired) electrons. The molecule has 306 valence electrons. The minimum atomic E-state index is -3.79. The van der Waals surface area contributed by atoms with Crippen LogP contribution >= 0.6 is 0 Å². The number of esters is 1. The van der Waals surface area contributed by atoms with Crippen LogP contribution in [0.4, 0.5) is 0 Å². The lowest BCUT2D eigenvalue weighted by Gasteiger charge is -2.09. The first-order chi connectivity index (χ1) is 25.7. The summed E-state index contributed by atoms with van der Waals surface area (Å²) in [6, 6.07) is 6.44. The smallest absolute Gasteiger partial charge is 0.372 e. The molecule has 0 saturated heterocycles. The van der Waals surface area contributed by atoms with E-state index in [1.54, 1.807) is 12.1 Å². The highest BCUT2D eigenvalue weighted by Crippen LogP contribution is 2.13. The number of Topliss-reactive ketones (excluding diaryl/α,β-unsaturated/α-hetero) is 1. The first-order valence-electron chi connectivity index (χ1n) is 17.4. The second-order valence-corrected chi connectivity index (χ2v) is 12.3. The number of carboxylic acids is 1. The van der Waals surface area contributed by atoms with Gasteiger partial charge in [-0.3, -0.25) is 13.8 Å². The average Bonchev–Trinajstić information content (AvgIpc) is 3.14. The van der Waals surface area contributed by atoms with Crippen LogP contribution in [0.1, 0.15) is 18.4 Å². The van der Waals surface area contributed by atoms with Gasteiger partial charge in [-0.1, -0.05) is 17.7 Å². The summed E-state index contributed by atoms with van der Waals surface area (Å²) in [5.41, 5.74) is 0.965. The molecule has 53 heavy (non-hydrogen) atoms. The summed E-state index contributed by atoms with van der Waals surface area (Å²) in [7, 11) is -3.79. The molecule has 1 aromatic rings. The van der Waals surface area contributed by atoms with E-state index in [0.717, 1.165) is 5.56 Å². The summed E-state index contributed by atoms with van der Waals surface area (Å²) in [5.74, 6) is -3.26. The monoisotopic (exact) mass is 784 g/mol. The molecule has 0 aromatic heterocycles. The number of benzene rings is 1. The Morgan fingerprint density at radius 2 is 0.774 bits per heavy atom. The summed E-state index contributed by atoms with van der Waals surface area (Å²) in [5, 5.41) is 8.45. The first-order valence-corrected chi connectivity index (χ1v) is 18.8. The predicted octanol–water partition coefficient (Wildman–Crippen LogP) is 0.843. The van der Waals surface area contributed by atoms with Gasteiger partial charge in [-0.25, -0.2) is 4.79 Å². The van der Waals surface area contributed by atoms with Crippen molar-refractivity contribution in [3.63, 3.8) is 0 Å². The van der Waals surface area contributed by atoms with E-state index in [1.807, 2.05) is 6.92 Å². The van der Waals surface area contributed by atoms with E-state index in [0.29, 0.717) is 119 Å². The van der Waals surface area contributed by atoms with Gasteiger partial charge in [0, 0.05) is 6.42 Å². The zero-order valence-electron chi connectivity index (χ0n) is 30.6. The molecule has 1 rings (SSSR count). The van der Waals surface area contributed by atoms with E-state index in [1.165, 1.54) is 12.1 Å². The molecule has 0 atom stereocenters. The fourth-order valence-corrected chi connectivity index (χ4v) is 4.56. The van der Waals surface area contributed by atoms with Gasteiger partial charge in [0.1, 0.15) is 6.61 Å². The molecule has 0 saturated carbocycles. The standard InChI is InChI=1S/C34H56O18S/c1-30-2-4-31(5-3-30)53(39,40)52-29-27-50-25-23-48-21-19-46-17-15-44-13-11-42-9-8-41-10-12-43-14-16-45-18-20-47-22-24-49-26-28-51-33(36)7-6-32(35)34(37)38/h2-5H,6-29H2,1H3,(H,37,38). The Labute approximate surface area is 311 Å². The molecule has 0 aliphatic rings. The van der Waals surface area contributed by atoms with Gasteiger partial charge in [-0.2, -0.15) is 8.42 Å². The lowest BCUT2D eigenvalue weighted by molar-refractivity contribution is -0.151. The molecule has 1 aromatic carbocycles. The Morgan fingerprint density at radius 1 is 0.472 bits per heavy atom. The van der Waals surface area contributed by atoms with Gasteiger partial charge in [0.05, 0.1) is 150 Å². The largest absolute Gasteiger partial charge is 0.476 e. The fraction of sp³-hybridized carbons (Fsp3) is 0.735. The van der Waals surface area contributed by atoms with Gasteiger partial charge in [0.25, 0.3) is 10.1 Å². The zero-order valence-corrected chi connectivity index (χ0v) is 31.4. The normalized spacial score (nSPS) is 11.6. The van der Waals surface area contributed by atoms with Gasteiger partial charge in [-0.15, -0.1) is 0 Å². The van der Waals surface area contributed by atoms with Crippen molar-refractivity contribution in [3.05, 3.63) is 29.8 Å². The third-order valence-corrected chi connectivity index (χ3v) is 7.74. The predicted molar refractivity (Wildman–Crippen MR) is 185 cm³/mol. The number of rotatable bonds is 39. The van der Waals surface area contributed by atoms with Crippen molar-refractivity contribution < 1.29 is 84.2 Å². The molecule has 0 heterocycles. The van der Waals surface area contributed by atoms with Crippen LogP contribution in [0, 0.1) is 6.92 Å². The quantitative estimate of drug-likeness (QED) is 0.0424. The molecule has 0 aliphatic heterocycles. The molecule has 1 N–H and O–H groups in total. The number of ketones is 1. The average molecular weight is 785 g/mol. The van der Waals surface area contributed by atoms with E-state index in [-0.39, 0.29) is 37.7 Å². The molecule has 0 unspecified atom stereocenters. The van der Waals surface area contributed by atoms with Crippen LogP contribution in [-0.2, 0) is 80.8 Å². The van der Waals surface area contributed by atoms with Gasteiger partial charge in [0.2, 0.25) is 5.78 Å².